The number of halogens is 1. The van der Waals surface area contributed by atoms with Crippen LogP contribution in [0.3, 0.4) is 0 Å². The first-order chi connectivity index (χ1) is 9.71. The summed E-state index contributed by atoms with van der Waals surface area (Å²) in [4.78, 5) is 0. The lowest BCUT2D eigenvalue weighted by atomic mass is 10.1. The van der Waals surface area contributed by atoms with Gasteiger partial charge in [-0.1, -0.05) is 18.2 Å². The zero-order valence-corrected chi connectivity index (χ0v) is 11.4. The molecule has 4 heteroatoms. The first kappa shape index (κ1) is 14.5. The molecule has 2 N–H and O–H groups in total. The molecule has 0 aliphatic heterocycles. The molecule has 0 aliphatic carbocycles. The van der Waals surface area contributed by atoms with Gasteiger partial charge < -0.3 is 15.2 Å². The van der Waals surface area contributed by atoms with Crippen LogP contribution in [0.1, 0.15) is 16.7 Å². The van der Waals surface area contributed by atoms with Crippen LogP contribution in [0, 0.1) is 5.82 Å². The van der Waals surface area contributed by atoms with Crippen molar-refractivity contribution in [1.29, 1.82) is 0 Å². The van der Waals surface area contributed by atoms with E-state index < -0.39 is 0 Å². The highest BCUT2D eigenvalue weighted by atomic mass is 19.1. The molecule has 20 heavy (non-hydrogen) atoms. The molecule has 2 rings (SSSR count). The monoisotopic (exact) mass is 275 g/mol. The Morgan fingerprint density at radius 2 is 1.60 bits per heavy atom. The normalized spacial score (nSPS) is 10.6. The second-order valence-corrected chi connectivity index (χ2v) is 4.51. The minimum Gasteiger partial charge on any atom is -0.497 e. The minimum atomic E-state index is -0.281. The maximum absolute atomic E-state index is 13.3. The molecular weight excluding hydrogens is 257 g/mol. The number of benzene rings is 2. The van der Waals surface area contributed by atoms with E-state index in [0.717, 1.165) is 22.4 Å². The molecule has 0 unspecified atom stereocenters. The zero-order chi connectivity index (χ0) is 14.4. The molecule has 0 saturated heterocycles. The fourth-order valence-corrected chi connectivity index (χ4v) is 1.93. The molecule has 0 heterocycles. The second-order valence-electron chi connectivity index (χ2n) is 4.51. The molecule has 3 nitrogen and oxygen atoms in total. The third-order valence-corrected chi connectivity index (χ3v) is 2.95. The molecule has 0 aliphatic rings. The highest BCUT2D eigenvalue weighted by molar-refractivity contribution is 5.27. The summed E-state index contributed by atoms with van der Waals surface area (Å²) in [6.07, 6.45) is 0. The molecule has 0 amide bonds. The van der Waals surface area contributed by atoms with Crippen LogP contribution in [0.25, 0.3) is 0 Å². The van der Waals surface area contributed by atoms with Gasteiger partial charge in [0, 0.05) is 6.54 Å². The summed E-state index contributed by atoms with van der Waals surface area (Å²) in [7, 11) is 1.63. The van der Waals surface area contributed by atoms with Crippen LogP contribution in [0.4, 0.5) is 4.39 Å². The van der Waals surface area contributed by atoms with Crippen molar-refractivity contribution in [3.05, 3.63) is 65.0 Å². The number of ether oxygens (including phenoxy) is 2. The van der Waals surface area contributed by atoms with E-state index in [1.807, 2.05) is 30.3 Å². The Morgan fingerprint density at radius 1 is 0.950 bits per heavy atom. The zero-order valence-electron chi connectivity index (χ0n) is 11.4. The van der Waals surface area contributed by atoms with Gasteiger partial charge in [-0.05, 0) is 41.0 Å². The topological polar surface area (TPSA) is 44.5 Å². The smallest absolute Gasteiger partial charge is 0.123 e. The quantitative estimate of drug-likeness (QED) is 0.881. The molecule has 2 aromatic rings. The molecule has 106 valence electrons. The lowest BCUT2D eigenvalue weighted by Gasteiger charge is -2.07. The molecule has 0 saturated carbocycles. The Balaban J connectivity index is 1.90. The lowest BCUT2D eigenvalue weighted by molar-refractivity contribution is 0.107. The fourth-order valence-electron chi connectivity index (χ4n) is 1.93. The first-order valence-electron chi connectivity index (χ1n) is 6.40. The SMILES string of the molecule is COc1ccc(COCc2cc(F)cc(CN)c2)cc1. The highest BCUT2D eigenvalue weighted by Gasteiger charge is 2.01. The van der Waals surface area contributed by atoms with Gasteiger partial charge in [-0.3, -0.25) is 0 Å². The summed E-state index contributed by atoms with van der Waals surface area (Å²) in [6.45, 7) is 1.15. The third kappa shape index (κ3) is 4.05. The van der Waals surface area contributed by atoms with Crippen molar-refractivity contribution in [3.63, 3.8) is 0 Å². The summed E-state index contributed by atoms with van der Waals surface area (Å²) >= 11 is 0. The number of hydrogen-bond donors (Lipinski definition) is 1. The van der Waals surface area contributed by atoms with E-state index in [0.29, 0.717) is 19.8 Å². The van der Waals surface area contributed by atoms with Crippen molar-refractivity contribution < 1.29 is 13.9 Å². The highest BCUT2D eigenvalue weighted by Crippen LogP contribution is 2.14. The van der Waals surface area contributed by atoms with Crippen molar-refractivity contribution in [1.82, 2.24) is 0 Å². The molecule has 0 radical (unpaired) electrons. The minimum absolute atomic E-state index is 0.281. The van der Waals surface area contributed by atoms with Crippen LogP contribution < -0.4 is 10.5 Å². The number of methoxy groups -OCH3 is 1. The largest absolute Gasteiger partial charge is 0.497 e. The standard InChI is InChI=1S/C16H18FNO2/c1-19-16-4-2-12(3-5-16)10-20-11-14-6-13(9-18)7-15(17)8-14/h2-8H,9-11,18H2,1H3. The van der Waals surface area contributed by atoms with Crippen molar-refractivity contribution in [2.75, 3.05) is 7.11 Å². The van der Waals surface area contributed by atoms with Crippen LogP contribution in [-0.2, 0) is 24.5 Å². The van der Waals surface area contributed by atoms with Crippen molar-refractivity contribution >= 4 is 0 Å². The number of nitrogens with two attached hydrogens (primary N) is 1. The summed E-state index contributed by atoms with van der Waals surface area (Å²) < 4.78 is 24.0. The Hall–Kier alpha value is -1.91. The fraction of sp³-hybridized carbons (Fsp3) is 0.250. The van der Waals surface area contributed by atoms with Crippen LogP contribution >= 0.6 is 0 Å². The van der Waals surface area contributed by atoms with Gasteiger partial charge in [0.2, 0.25) is 0 Å². The van der Waals surface area contributed by atoms with Gasteiger partial charge in [-0.25, -0.2) is 4.39 Å². The van der Waals surface area contributed by atoms with Gasteiger partial charge in [0.1, 0.15) is 11.6 Å². The number of hydrogen-bond acceptors (Lipinski definition) is 3. The van der Waals surface area contributed by atoms with Gasteiger partial charge in [0.15, 0.2) is 0 Å². The molecular formula is C16H18FNO2. The van der Waals surface area contributed by atoms with Crippen LogP contribution in [0.15, 0.2) is 42.5 Å². The van der Waals surface area contributed by atoms with Crippen molar-refractivity contribution in [3.8, 4) is 5.75 Å². The van der Waals surface area contributed by atoms with Crippen LogP contribution in [0.2, 0.25) is 0 Å². The average Bonchev–Trinajstić information content (AvgIpc) is 2.47. The lowest BCUT2D eigenvalue weighted by Crippen LogP contribution is -2.00. The molecule has 0 fully saturated rings. The van der Waals surface area contributed by atoms with E-state index >= 15 is 0 Å². The van der Waals surface area contributed by atoms with E-state index in [4.69, 9.17) is 15.2 Å². The van der Waals surface area contributed by atoms with Crippen molar-refractivity contribution in [2.45, 2.75) is 19.8 Å². The number of rotatable bonds is 6. The van der Waals surface area contributed by atoms with Crippen LogP contribution in [-0.4, -0.2) is 7.11 Å². The van der Waals surface area contributed by atoms with E-state index in [1.165, 1.54) is 12.1 Å². The first-order valence-corrected chi connectivity index (χ1v) is 6.40. The molecule has 0 bridgehead atoms. The predicted octanol–water partition coefficient (Wildman–Crippen LogP) is 3.01. The second kappa shape index (κ2) is 7.03. The Morgan fingerprint density at radius 3 is 2.25 bits per heavy atom. The summed E-state index contributed by atoms with van der Waals surface area (Å²) in [5.74, 6) is 0.530. The van der Waals surface area contributed by atoms with E-state index in [2.05, 4.69) is 0 Å². The molecule has 0 spiro atoms. The van der Waals surface area contributed by atoms with Gasteiger partial charge in [0.25, 0.3) is 0 Å². The third-order valence-electron chi connectivity index (χ3n) is 2.95. The summed E-state index contributed by atoms with van der Waals surface area (Å²) in [5, 5.41) is 0. The Kier molecular flexibility index (Phi) is 5.09. The van der Waals surface area contributed by atoms with Gasteiger partial charge in [-0.2, -0.15) is 0 Å². The maximum atomic E-state index is 13.3. The Bertz CT molecular complexity index is 555. The van der Waals surface area contributed by atoms with Gasteiger partial charge in [0.05, 0.1) is 20.3 Å². The van der Waals surface area contributed by atoms with Gasteiger partial charge in [-0.15, -0.1) is 0 Å². The van der Waals surface area contributed by atoms with Gasteiger partial charge >= 0.3 is 0 Å². The van der Waals surface area contributed by atoms with E-state index in [1.54, 1.807) is 7.11 Å². The Labute approximate surface area is 118 Å². The summed E-state index contributed by atoms with van der Waals surface area (Å²) in [6, 6.07) is 12.4. The average molecular weight is 275 g/mol. The summed E-state index contributed by atoms with van der Waals surface area (Å²) in [5.41, 5.74) is 8.12. The molecule has 0 atom stereocenters. The van der Waals surface area contributed by atoms with E-state index in [-0.39, 0.29) is 5.82 Å². The van der Waals surface area contributed by atoms with E-state index in [9.17, 15) is 4.39 Å². The van der Waals surface area contributed by atoms with Crippen LogP contribution in [0.5, 0.6) is 5.75 Å². The van der Waals surface area contributed by atoms with Crippen molar-refractivity contribution in [2.24, 2.45) is 5.73 Å². The molecule has 2 aromatic carbocycles. The maximum Gasteiger partial charge on any atom is 0.123 e. The molecule has 0 aromatic heterocycles. The predicted molar refractivity (Wildman–Crippen MR) is 75.8 cm³/mol.